The summed E-state index contributed by atoms with van der Waals surface area (Å²) >= 11 is 1.78. The van der Waals surface area contributed by atoms with Crippen molar-refractivity contribution in [1.29, 1.82) is 0 Å². The highest BCUT2D eigenvalue weighted by molar-refractivity contribution is 7.91. The monoisotopic (exact) mass is 420 g/mol. The molecule has 1 unspecified atom stereocenters. The van der Waals surface area contributed by atoms with Crippen LogP contribution in [0.2, 0.25) is 0 Å². The van der Waals surface area contributed by atoms with Gasteiger partial charge in [-0.15, -0.1) is 11.3 Å². The molecule has 1 aromatic carbocycles. The van der Waals surface area contributed by atoms with Crippen molar-refractivity contribution < 1.29 is 13.2 Å². The van der Waals surface area contributed by atoms with E-state index in [1.54, 1.807) is 35.6 Å². The number of piperidine rings is 1. The Balaban J connectivity index is 1.41. The van der Waals surface area contributed by atoms with Crippen molar-refractivity contribution in [2.24, 2.45) is 5.92 Å². The Hall–Kier alpha value is -1.70. The van der Waals surface area contributed by atoms with E-state index in [4.69, 9.17) is 0 Å². The molecule has 1 aromatic heterocycles. The molecular formula is C21H28N2O3S2. The van der Waals surface area contributed by atoms with Gasteiger partial charge in [0, 0.05) is 30.9 Å². The summed E-state index contributed by atoms with van der Waals surface area (Å²) in [4.78, 5) is 16.3. The lowest BCUT2D eigenvalue weighted by atomic mass is 9.98. The smallest absolute Gasteiger partial charge is 0.221 e. The number of amides is 1. The standard InChI is InChI=1S/C21H28N2O3S2/c1-17-6-8-20(9-7-17)28(25,26)13-10-21(24)22-14-18-4-2-11-23(15-18)16-19-5-3-12-27-19/h3,5-9,12,18H,2,4,10-11,13-16H2,1H3,(H,22,24). The quantitative estimate of drug-likeness (QED) is 0.712. The molecule has 3 rings (SSSR count). The Morgan fingerprint density at radius 1 is 1.25 bits per heavy atom. The number of nitrogens with one attached hydrogen (secondary N) is 1. The molecule has 0 aliphatic carbocycles. The predicted octanol–water partition coefficient (Wildman–Crippen LogP) is 3.25. The number of likely N-dealkylation sites (tertiary alicyclic amines) is 1. The third-order valence-corrected chi connectivity index (χ3v) is 7.72. The van der Waals surface area contributed by atoms with E-state index in [-0.39, 0.29) is 23.0 Å². The van der Waals surface area contributed by atoms with E-state index in [9.17, 15) is 13.2 Å². The number of carbonyl (C=O) groups excluding carboxylic acids is 1. The predicted molar refractivity (Wildman–Crippen MR) is 113 cm³/mol. The van der Waals surface area contributed by atoms with Crippen LogP contribution in [0.5, 0.6) is 0 Å². The molecule has 5 nitrogen and oxygen atoms in total. The van der Waals surface area contributed by atoms with Gasteiger partial charge < -0.3 is 5.32 Å². The van der Waals surface area contributed by atoms with Gasteiger partial charge >= 0.3 is 0 Å². The van der Waals surface area contributed by atoms with E-state index in [0.717, 1.165) is 38.0 Å². The van der Waals surface area contributed by atoms with Gasteiger partial charge in [0.2, 0.25) is 5.91 Å². The normalized spacial score (nSPS) is 18.1. The largest absolute Gasteiger partial charge is 0.356 e. The number of carbonyl (C=O) groups is 1. The first-order valence-electron chi connectivity index (χ1n) is 9.73. The van der Waals surface area contributed by atoms with E-state index in [2.05, 4.69) is 27.7 Å². The number of sulfone groups is 1. The van der Waals surface area contributed by atoms with Crippen LogP contribution in [-0.2, 0) is 21.2 Å². The summed E-state index contributed by atoms with van der Waals surface area (Å²) in [6.45, 7) is 5.56. The van der Waals surface area contributed by atoms with Crippen LogP contribution in [0.15, 0.2) is 46.7 Å². The molecule has 2 aromatic rings. The molecule has 0 saturated carbocycles. The number of hydrogen-bond donors (Lipinski definition) is 1. The van der Waals surface area contributed by atoms with E-state index in [0.29, 0.717) is 12.5 Å². The number of rotatable bonds is 8. The highest BCUT2D eigenvalue weighted by atomic mass is 32.2. The molecule has 1 amide bonds. The second-order valence-corrected chi connectivity index (χ2v) is 10.7. The maximum atomic E-state index is 12.4. The molecule has 1 aliphatic heterocycles. The lowest BCUT2D eigenvalue weighted by Crippen LogP contribution is -2.40. The fourth-order valence-electron chi connectivity index (χ4n) is 3.52. The number of hydrogen-bond acceptors (Lipinski definition) is 5. The molecule has 0 spiro atoms. The molecule has 1 N–H and O–H groups in total. The van der Waals surface area contributed by atoms with Crippen LogP contribution in [0.25, 0.3) is 0 Å². The molecule has 152 valence electrons. The van der Waals surface area contributed by atoms with Crippen molar-refractivity contribution in [2.45, 2.75) is 37.6 Å². The third-order valence-electron chi connectivity index (χ3n) is 5.13. The highest BCUT2D eigenvalue weighted by Gasteiger charge is 2.21. The maximum Gasteiger partial charge on any atom is 0.221 e. The van der Waals surface area contributed by atoms with Gasteiger partial charge in [0.15, 0.2) is 9.84 Å². The Labute approximate surface area is 171 Å². The second-order valence-electron chi connectivity index (χ2n) is 7.51. The van der Waals surface area contributed by atoms with Gasteiger partial charge in [-0.1, -0.05) is 23.8 Å². The van der Waals surface area contributed by atoms with Crippen LogP contribution in [0.4, 0.5) is 0 Å². The van der Waals surface area contributed by atoms with Crippen molar-refractivity contribution in [3.63, 3.8) is 0 Å². The van der Waals surface area contributed by atoms with Crippen molar-refractivity contribution in [3.8, 4) is 0 Å². The average molecular weight is 421 g/mol. The topological polar surface area (TPSA) is 66.5 Å². The van der Waals surface area contributed by atoms with Crippen molar-refractivity contribution >= 4 is 27.1 Å². The van der Waals surface area contributed by atoms with E-state index >= 15 is 0 Å². The second kappa shape index (κ2) is 9.67. The van der Waals surface area contributed by atoms with Gasteiger partial charge in [-0.05, 0) is 55.8 Å². The average Bonchev–Trinajstić information content (AvgIpc) is 3.18. The van der Waals surface area contributed by atoms with E-state index in [1.165, 1.54) is 4.88 Å². The lowest BCUT2D eigenvalue weighted by molar-refractivity contribution is -0.121. The zero-order chi connectivity index (χ0) is 20.0. The first-order chi connectivity index (χ1) is 13.4. The molecule has 1 atom stereocenters. The van der Waals surface area contributed by atoms with Crippen molar-refractivity contribution in [1.82, 2.24) is 10.2 Å². The molecule has 1 saturated heterocycles. The van der Waals surface area contributed by atoms with Gasteiger partial charge in [0.1, 0.15) is 0 Å². The SMILES string of the molecule is Cc1ccc(S(=O)(=O)CCC(=O)NCC2CCCN(Cc3cccs3)C2)cc1. The number of aryl methyl sites for hydroxylation is 1. The number of thiophene rings is 1. The number of benzene rings is 1. The minimum absolute atomic E-state index is 0.00182. The highest BCUT2D eigenvalue weighted by Crippen LogP contribution is 2.20. The van der Waals surface area contributed by atoms with Gasteiger partial charge in [0.05, 0.1) is 10.6 Å². The van der Waals surface area contributed by atoms with Crippen molar-refractivity contribution in [2.75, 3.05) is 25.4 Å². The fourth-order valence-corrected chi connectivity index (χ4v) is 5.51. The number of nitrogens with zero attached hydrogens (tertiary/aromatic N) is 1. The van der Waals surface area contributed by atoms with Crippen LogP contribution in [0.3, 0.4) is 0 Å². The molecule has 1 aliphatic rings. The van der Waals surface area contributed by atoms with Gasteiger partial charge in [-0.2, -0.15) is 0 Å². The molecule has 0 bridgehead atoms. The zero-order valence-electron chi connectivity index (χ0n) is 16.3. The minimum Gasteiger partial charge on any atom is -0.356 e. The zero-order valence-corrected chi connectivity index (χ0v) is 17.9. The Bertz CT molecular complexity index is 862. The van der Waals surface area contributed by atoms with Crippen LogP contribution < -0.4 is 5.32 Å². The lowest BCUT2D eigenvalue weighted by Gasteiger charge is -2.32. The first-order valence-corrected chi connectivity index (χ1v) is 12.3. The van der Waals surface area contributed by atoms with Crippen LogP contribution >= 0.6 is 11.3 Å². The molecule has 7 heteroatoms. The van der Waals surface area contributed by atoms with Crippen LogP contribution in [-0.4, -0.2) is 44.6 Å². The maximum absolute atomic E-state index is 12.4. The van der Waals surface area contributed by atoms with Crippen molar-refractivity contribution in [3.05, 3.63) is 52.2 Å². The molecule has 28 heavy (non-hydrogen) atoms. The molecular weight excluding hydrogens is 392 g/mol. The summed E-state index contributed by atoms with van der Waals surface area (Å²) in [7, 11) is -3.42. The third kappa shape index (κ3) is 6.15. The van der Waals surface area contributed by atoms with E-state index < -0.39 is 9.84 Å². The van der Waals surface area contributed by atoms with Crippen LogP contribution in [0.1, 0.15) is 29.7 Å². The Kier molecular flexibility index (Phi) is 7.26. The summed E-state index contributed by atoms with van der Waals surface area (Å²) < 4.78 is 24.7. The Morgan fingerprint density at radius 3 is 2.75 bits per heavy atom. The minimum atomic E-state index is -3.42. The summed E-state index contributed by atoms with van der Waals surface area (Å²) in [6, 6.07) is 11.0. The molecule has 1 fully saturated rings. The summed E-state index contributed by atoms with van der Waals surface area (Å²) in [5.41, 5.74) is 1.01. The van der Waals surface area contributed by atoms with Gasteiger partial charge in [0.25, 0.3) is 0 Å². The fraction of sp³-hybridized carbons (Fsp3) is 0.476. The van der Waals surface area contributed by atoms with E-state index in [1.807, 2.05) is 6.92 Å². The summed E-state index contributed by atoms with van der Waals surface area (Å²) in [5.74, 6) is 0.0780. The van der Waals surface area contributed by atoms with Crippen LogP contribution in [0, 0.1) is 12.8 Å². The molecule has 0 radical (unpaired) electrons. The summed E-state index contributed by atoms with van der Waals surface area (Å²) in [5, 5.41) is 5.04. The first kappa shape index (κ1) is 21.0. The van der Waals surface area contributed by atoms with Gasteiger partial charge in [-0.25, -0.2) is 8.42 Å². The van der Waals surface area contributed by atoms with Gasteiger partial charge in [-0.3, -0.25) is 9.69 Å². The Morgan fingerprint density at radius 2 is 2.04 bits per heavy atom. The summed E-state index contributed by atoms with van der Waals surface area (Å²) in [6.07, 6.45) is 2.23. The molecule has 2 heterocycles.